The van der Waals surface area contributed by atoms with Crippen molar-refractivity contribution in [2.45, 2.75) is 31.1 Å². The van der Waals surface area contributed by atoms with Crippen LogP contribution in [0.15, 0.2) is 46.9 Å². The summed E-state index contributed by atoms with van der Waals surface area (Å²) in [5.74, 6) is 1.36. The molecule has 23 heavy (non-hydrogen) atoms. The first-order valence-electron chi connectivity index (χ1n) is 8.10. The summed E-state index contributed by atoms with van der Waals surface area (Å²) < 4.78 is 1.10. The predicted octanol–water partition coefficient (Wildman–Crippen LogP) is 6.68. The second kappa shape index (κ2) is 5.06. The van der Waals surface area contributed by atoms with Gasteiger partial charge in [0.25, 0.3) is 0 Å². The molecule has 0 radical (unpaired) electrons. The van der Waals surface area contributed by atoms with Gasteiger partial charge in [0, 0.05) is 15.4 Å². The number of para-hydroxylation sites is 1. The maximum atomic E-state index is 6.48. The van der Waals surface area contributed by atoms with E-state index in [1.165, 1.54) is 41.3 Å². The van der Waals surface area contributed by atoms with E-state index in [2.05, 4.69) is 52.3 Å². The van der Waals surface area contributed by atoms with Crippen molar-refractivity contribution in [3.8, 4) is 11.3 Å². The highest BCUT2D eigenvalue weighted by Crippen LogP contribution is 2.57. The summed E-state index contributed by atoms with van der Waals surface area (Å²) in [5, 5.41) is 2.02. The van der Waals surface area contributed by atoms with Crippen molar-refractivity contribution >= 4 is 38.4 Å². The lowest BCUT2D eigenvalue weighted by Crippen LogP contribution is -2.04. The molecule has 1 saturated carbocycles. The van der Waals surface area contributed by atoms with Gasteiger partial charge in [-0.05, 0) is 60.4 Å². The number of rotatable bonds is 1. The molecule has 0 amide bonds. The summed E-state index contributed by atoms with van der Waals surface area (Å²) in [6.45, 7) is 0. The van der Waals surface area contributed by atoms with Gasteiger partial charge in [0.2, 0.25) is 0 Å². The zero-order valence-electron chi connectivity index (χ0n) is 12.5. The first kappa shape index (κ1) is 14.0. The number of halogens is 2. The van der Waals surface area contributed by atoms with Gasteiger partial charge in [-0.15, -0.1) is 0 Å². The molecule has 0 spiro atoms. The van der Waals surface area contributed by atoms with Gasteiger partial charge in [0.1, 0.15) is 0 Å². The molecule has 1 aromatic heterocycles. The molecule has 1 heterocycles. The molecule has 0 saturated heterocycles. The summed E-state index contributed by atoms with van der Waals surface area (Å²) in [6, 6.07) is 14.7. The average molecular weight is 385 g/mol. The van der Waals surface area contributed by atoms with E-state index in [0.717, 1.165) is 20.7 Å². The van der Waals surface area contributed by atoms with Gasteiger partial charge in [0.05, 0.1) is 16.2 Å². The Hall–Kier alpha value is -1.38. The highest BCUT2D eigenvalue weighted by atomic mass is 79.9. The Morgan fingerprint density at radius 2 is 1.70 bits per heavy atom. The van der Waals surface area contributed by atoms with E-state index < -0.39 is 0 Å². The Bertz CT molecular complexity index is 933. The maximum absolute atomic E-state index is 6.48. The largest absolute Gasteiger partial charge is 0.246 e. The predicted molar refractivity (Wildman–Crippen MR) is 99.2 cm³/mol. The van der Waals surface area contributed by atoms with Crippen molar-refractivity contribution in [3.05, 3.63) is 63.1 Å². The molecule has 2 aliphatic rings. The second-order valence-electron chi connectivity index (χ2n) is 6.64. The molecule has 0 N–H and O–H groups in total. The fourth-order valence-corrected chi connectivity index (χ4v) is 4.96. The third-order valence-electron chi connectivity index (χ3n) is 5.41. The number of aromatic nitrogens is 1. The number of fused-ring (bicyclic) bond motifs is 7. The Morgan fingerprint density at radius 3 is 2.48 bits per heavy atom. The van der Waals surface area contributed by atoms with Gasteiger partial charge >= 0.3 is 0 Å². The van der Waals surface area contributed by atoms with Crippen LogP contribution in [0.4, 0.5) is 0 Å². The first-order valence-corrected chi connectivity index (χ1v) is 9.27. The van der Waals surface area contributed by atoms with Crippen LogP contribution in [0.2, 0.25) is 5.02 Å². The topological polar surface area (TPSA) is 12.9 Å². The Morgan fingerprint density at radius 1 is 0.957 bits per heavy atom. The van der Waals surface area contributed by atoms with Gasteiger partial charge < -0.3 is 0 Å². The molecule has 1 fully saturated rings. The highest BCUT2D eigenvalue weighted by molar-refractivity contribution is 9.10. The van der Waals surface area contributed by atoms with Crippen LogP contribution < -0.4 is 0 Å². The molecule has 2 bridgehead atoms. The van der Waals surface area contributed by atoms with Crippen LogP contribution >= 0.6 is 27.5 Å². The fraction of sp³-hybridized carbons (Fsp3) is 0.250. The third-order valence-corrected chi connectivity index (χ3v) is 6.25. The number of nitrogens with zero attached hydrogens (tertiary/aromatic N) is 1. The lowest BCUT2D eigenvalue weighted by Gasteiger charge is -2.21. The molecular formula is C20H15BrClN. The van der Waals surface area contributed by atoms with Gasteiger partial charge in [-0.3, -0.25) is 0 Å². The lowest BCUT2D eigenvalue weighted by molar-refractivity contribution is 0.720. The van der Waals surface area contributed by atoms with E-state index >= 15 is 0 Å². The molecule has 5 rings (SSSR count). The van der Waals surface area contributed by atoms with E-state index in [0.29, 0.717) is 11.8 Å². The van der Waals surface area contributed by atoms with E-state index in [9.17, 15) is 0 Å². The van der Waals surface area contributed by atoms with Crippen molar-refractivity contribution in [3.63, 3.8) is 0 Å². The van der Waals surface area contributed by atoms with Crippen LogP contribution in [0, 0.1) is 0 Å². The van der Waals surface area contributed by atoms with Crippen LogP contribution in [0.3, 0.4) is 0 Å². The van der Waals surface area contributed by atoms with E-state index in [1.807, 2.05) is 6.07 Å². The standard InChI is InChI=1S/C20H15BrClN/c21-14-8-6-11(7-9-14)19-18-13-5-4-12(10-13)17(18)15-2-1-3-16(22)20(15)23-19/h1-3,6-9,12-13H,4-5,10H2. The number of hydrogen-bond acceptors (Lipinski definition) is 1. The van der Waals surface area contributed by atoms with Crippen molar-refractivity contribution < 1.29 is 0 Å². The second-order valence-corrected chi connectivity index (χ2v) is 7.96. The molecule has 2 aromatic carbocycles. The number of benzene rings is 2. The van der Waals surface area contributed by atoms with E-state index in [1.54, 1.807) is 0 Å². The summed E-state index contributed by atoms with van der Waals surface area (Å²) in [4.78, 5) is 5.02. The van der Waals surface area contributed by atoms with Crippen molar-refractivity contribution in [2.24, 2.45) is 0 Å². The minimum absolute atomic E-state index is 0.671. The zero-order chi connectivity index (χ0) is 15.6. The molecule has 2 atom stereocenters. The molecule has 2 unspecified atom stereocenters. The molecule has 2 aliphatic carbocycles. The van der Waals surface area contributed by atoms with Crippen molar-refractivity contribution in [1.29, 1.82) is 0 Å². The van der Waals surface area contributed by atoms with Crippen LogP contribution in [0.5, 0.6) is 0 Å². The van der Waals surface area contributed by atoms with Gasteiger partial charge in [-0.2, -0.15) is 0 Å². The Kier molecular flexibility index (Phi) is 3.08. The fourth-order valence-electron chi connectivity index (χ4n) is 4.48. The minimum atomic E-state index is 0.671. The SMILES string of the molecule is Clc1cccc2c3c(c(-c4ccc(Br)cc4)nc12)C1CCC3C1. The quantitative estimate of drug-likeness (QED) is 0.456. The van der Waals surface area contributed by atoms with Crippen LogP contribution in [0.1, 0.15) is 42.2 Å². The summed E-state index contributed by atoms with van der Waals surface area (Å²) >= 11 is 10.00. The smallest absolute Gasteiger partial charge is 0.0898 e. The van der Waals surface area contributed by atoms with E-state index in [-0.39, 0.29) is 0 Å². The highest BCUT2D eigenvalue weighted by Gasteiger charge is 2.40. The lowest BCUT2D eigenvalue weighted by atomic mass is 9.86. The van der Waals surface area contributed by atoms with Crippen molar-refractivity contribution in [2.75, 3.05) is 0 Å². The third kappa shape index (κ3) is 2.01. The van der Waals surface area contributed by atoms with Crippen LogP contribution in [-0.4, -0.2) is 4.98 Å². The number of pyridine rings is 1. The molecule has 0 aliphatic heterocycles. The molecular weight excluding hydrogens is 370 g/mol. The van der Waals surface area contributed by atoms with Crippen LogP contribution in [-0.2, 0) is 0 Å². The monoisotopic (exact) mass is 383 g/mol. The zero-order valence-corrected chi connectivity index (χ0v) is 14.9. The Balaban J connectivity index is 1.88. The van der Waals surface area contributed by atoms with Gasteiger partial charge in [0.15, 0.2) is 0 Å². The average Bonchev–Trinajstić information content (AvgIpc) is 3.18. The molecule has 114 valence electrons. The summed E-state index contributed by atoms with van der Waals surface area (Å²) in [5.41, 5.74) is 6.29. The maximum Gasteiger partial charge on any atom is 0.0898 e. The molecule has 1 nitrogen and oxygen atoms in total. The van der Waals surface area contributed by atoms with Crippen LogP contribution in [0.25, 0.3) is 22.2 Å². The summed E-state index contributed by atoms with van der Waals surface area (Å²) in [7, 11) is 0. The Labute approximate surface area is 148 Å². The number of hydrogen-bond donors (Lipinski definition) is 0. The minimum Gasteiger partial charge on any atom is -0.246 e. The normalized spacial score (nSPS) is 21.8. The first-order chi connectivity index (χ1) is 11.2. The molecule has 3 aromatic rings. The van der Waals surface area contributed by atoms with E-state index in [4.69, 9.17) is 16.6 Å². The van der Waals surface area contributed by atoms with Gasteiger partial charge in [-0.1, -0.05) is 51.8 Å². The van der Waals surface area contributed by atoms with Gasteiger partial charge in [-0.25, -0.2) is 4.98 Å². The molecule has 3 heteroatoms. The summed E-state index contributed by atoms with van der Waals surface area (Å²) in [6.07, 6.45) is 3.89. The van der Waals surface area contributed by atoms with Crippen molar-refractivity contribution in [1.82, 2.24) is 4.98 Å².